The molecule has 196 valence electrons. The van der Waals surface area contributed by atoms with Crippen LogP contribution < -0.4 is 4.43 Å². The van der Waals surface area contributed by atoms with E-state index in [-0.39, 0.29) is 16.7 Å². The van der Waals surface area contributed by atoms with Crippen molar-refractivity contribution in [3.8, 4) is 22.9 Å². The van der Waals surface area contributed by atoms with Gasteiger partial charge in [0.05, 0.1) is 11.4 Å². The topological polar surface area (TPSA) is 59.7 Å². The average Bonchev–Trinajstić information content (AvgIpc) is 3.49. The quantitative estimate of drug-likeness (QED) is 0.211. The molecule has 0 radical (unpaired) electrons. The maximum Gasteiger partial charge on any atom is 0.250 e. The van der Waals surface area contributed by atoms with E-state index < -0.39 is 14.1 Å². The van der Waals surface area contributed by atoms with E-state index in [0.717, 1.165) is 10.4 Å². The van der Waals surface area contributed by atoms with E-state index in [1.165, 1.54) is 0 Å². The van der Waals surface area contributed by atoms with E-state index in [4.69, 9.17) is 14.4 Å². The maximum absolute atomic E-state index is 16.0. The summed E-state index contributed by atoms with van der Waals surface area (Å²) in [7, 11) is -2.26. The number of aromatic hydroxyl groups is 1. The molecule has 1 N–H and O–H groups in total. The Balaban J connectivity index is 1.63. The summed E-state index contributed by atoms with van der Waals surface area (Å²) in [6, 6.07) is 19.1. The van der Waals surface area contributed by atoms with Crippen molar-refractivity contribution in [1.82, 2.24) is 14.4 Å². The van der Waals surface area contributed by atoms with Gasteiger partial charge >= 0.3 is 0 Å². The normalized spacial score (nSPS) is 12.3. The standard InChI is InChI=1S/C30H32FN3O2SSi/c1-30(2,3)38(4,5)36-26-15-9-14-22(27(26)31)25-19-34-28(23(32-25)17-20-11-7-6-8-12-20)33-24(29(34)35)18-21-13-10-16-37-21/h6-16,19,35H,17-18H2,1-5H3. The van der Waals surface area contributed by atoms with Crippen LogP contribution in [-0.4, -0.2) is 27.8 Å². The molecule has 0 unspecified atom stereocenters. The van der Waals surface area contributed by atoms with E-state index >= 15 is 4.39 Å². The molecule has 0 fully saturated rings. The highest BCUT2D eigenvalue weighted by Gasteiger charge is 2.39. The van der Waals surface area contributed by atoms with Crippen LogP contribution in [0.5, 0.6) is 11.6 Å². The number of thiophene rings is 1. The first-order valence-corrected chi connectivity index (χ1v) is 16.5. The lowest BCUT2D eigenvalue weighted by Crippen LogP contribution is -2.44. The smallest absolute Gasteiger partial charge is 0.250 e. The van der Waals surface area contributed by atoms with E-state index in [1.54, 1.807) is 40.1 Å². The number of nitrogens with zero attached hydrogens (tertiary/aromatic N) is 3. The van der Waals surface area contributed by atoms with Crippen LogP contribution in [0.4, 0.5) is 4.39 Å². The van der Waals surface area contributed by atoms with Gasteiger partial charge in [0.1, 0.15) is 11.4 Å². The number of aromatic nitrogens is 3. The highest BCUT2D eigenvalue weighted by Crippen LogP contribution is 2.39. The molecule has 8 heteroatoms. The third-order valence-electron chi connectivity index (χ3n) is 7.27. The molecule has 38 heavy (non-hydrogen) atoms. The predicted octanol–water partition coefficient (Wildman–Crippen LogP) is 7.87. The van der Waals surface area contributed by atoms with Crippen LogP contribution in [0.3, 0.4) is 0 Å². The van der Waals surface area contributed by atoms with Crippen LogP contribution in [0.1, 0.15) is 42.6 Å². The molecule has 0 aliphatic carbocycles. The van der Waals surface area contributed by atoms with Gasteiger partial charge in [0.2, 0.25) is 5.88 Å². The number of hydrogen-bond acceptors (Lipinski definition) is 5. The maximum atomic E-state index is 16.0. The summed E-state index contributed by atoms with van der Waals surface area (Å²) in [5.41, 5.74) is 3.59. The molecular formula is C30H32FN3O2SSi. The van der Waals surface area contributed by atoms with E-state index in [2.05, 4.69) is 33.9 Å². The molecule has 2 aromatic carbocycles. The monoisotopic (exact) mass is 545 g/mol. The van der Waals surface area contributed by atoms with Crippen molar-refractivity contribution in [3.05, 3.63) is 99.9 Å². The minimum Gasteiger partial charge on any atom is -0.542 e. The van der Waals surface area contributed by atoms with E-state index in [1.807, 2.05) is 47.8 Å². The number of benzene rings is 2. The first-order valence-electron chi connectivity index (χ1n) is 12.7. The summed E-state index contributed by atoms with van der Waals surface area (Å²) in [4.78, 5) is 10.8. The van der Waals surface area contributed by atoms with Gasteiger partial charge in [-0.15, -0.1) is 11.3 Å². The minimum absolute atomic E-state index is 0.0421. The lowest BCUT2D eigenvalue weighted by atomic mass is 10.1. The Labute approximate surface area is 227 Å². The van der Waals surface area contributed by atoms with Crippen molar-refractivity contribution in [2.75, 3.05) is 0 Å². The molecule has 3 heterocycles. The second kappa shape index (κ2) is 10.00. The van der Waals surface area contributed by atoms with Crippen LogP contribution in [-0.2, 0) is 12.8 Å². The second-order valence-electron chi connectivity index (χ2n) is 11.0. The van der Waals surface area contributed by atoms with Crippen LogP contribution >= 0.6 is 11.3 Å². The van der Waals surface area contributed by atoms with Gasteiger partial charge in [-0.25, -0.2) is 14.4 Å². The number of halogens is 1. The van der Waals surface area contributed by atoms with E-state index in [0.29, 0.717) is 41.1 Å². The van der Waals surface area contributed by atoms with Crippen molar-refractivity contribution in [2.24, 2.45) is 0 Å². The molecule has 0 amide bonds. The molecule has 0 saturated carbocycles. The van der Waals surface area contributed by atoms with Gasteiger partial charge in [-0.05, 0) is 47.3 Å². The van der Waals surface area contributed by atoms with Crippen LogP contribution in [0.25, 0.3) is 16.9 Å². The number of imidazole rings is 1. The Morgan fingerprint density at radius 3 is 2.39 bits per heavy atom. The minimum atomic E-state index is -2.26. The molecule has 0 spiro atoms. The van der Waals surface area contributed by atoms with Gasteiger partial charge < -0.3 is 9.53 Å². The van der Waals surface area contributed by atoms with Crippen molar-refractivity contribution in [3.63, 3.8) is 0 Å². The van der Waals surface area contributed by atoms with Crippen LogP contribution in [0.2, 0.25) is 18.1 Å². The molecule has 3 aromatic heterocycles. The molecule has 0 saturated heterocycles. The molecule has 5 rings (SSSR count). The Morgan fingerprint density at radius 1 is 0.947 bits per heavy atom. The van der Waals surface area contributed by atoms with Crippen molar-refractivity contribution in [2.45, 2.75) is 51.7 Å². The fourth-order valence-electron chi connectivity index (χ4n) is 4.09. The first-order chi connectivity index (χ1) is 18.0. The van der Waals surface area contributed by atoms with Crippen LogP contribution in [0, 0.1) is 5.82 Å². The Bertz CT molecular complexity index is 1580. The summed E-state index contributed by atoms with van der Waals surface area (Å²) in [6.45, 7) is 10.6. The van der Waals surface area contributed by atoms with Gasteiger partial charge in [-0.2, -0.15) is 0 Å². The molecule has 5 aromatic rings. The highest BCUT2D eigenvalue weighted by atomic mass is 32.1. The summed E-state index contributed by atoms with van der Waals surface area (Å²) in [5.74, 6) is -0.178. The number of fused-ring (bicyclic) bond motifs is 1. The number of hydrogen-bond donors (Lipinski definition) is 1. The van der Waals surface area contributed by atoms with Gasteiger partial charge in [0.25, 0.3) is 8.32 Å². The lowest BCUT2D eigenvalue weighted by molar-refractivity contribution is 0.442. The Morgan fingerprint density at radius 2 is 1.71 bits per heavy atom. The predicted molar refractivity (Wildman–Crippen MR) is 154 cm³/mol. The number of rotatable bonds is 7. The van der Waals surface area contributed by atoms with Crippen LogP contribution in [0.15, 0.2) is 72.2 Å². The van der Waals surface area contributed by atoms with E-state index in [9.17, 15) is 5.11 Å². The fourth-order valence-corrected chi connectivity index (χ4v) is 5.82. The zero-order valence-electron chi connectivity index (χ0n) is 22.3. The average molecular weight is 546 g/mol. The van der Waals surface area contributed by atoms with Crippen molar-refractivity contribution < 1.29 is 13.9 Å². The van der Waals surface area contributed by atoms with Gasteiger partial charge in [0, 0.05) is 29.5 Å². The Kier molecular flexibility index (Phi) is 6.87. The molecule has 5 nitrogen and oxygen atoms in total. The van der Waals surface area contributed by atoms with Gasteiger partial charge in [-0.1, -0.05) is 63.2 Å². The first kappa shape index (κ1) is 26.1. The van der Waals surface area contributed by atoms with Gasteiger partial charge in [-0.3, -0.25) is 4.40 Å². The summed E-state index contributed by atoms with van der Waals surface area (Å²) in [6.07, 6.45) is 2.67. The van der Waals surface area contributed by atoms with Crippen molar-refractivity contribution in [1.29, 1.82) is 0 Å². The molecular weight excluding hydrogens is 514 g/mol. The zero-order chi connectivity index (χ0) is 27.1. The lowest BCUT2D eigenvalue weighted by Gasteiger charge is -2.36. The summed E-state index contributed by atoms with van der Waals surface area (Å²) < 4.78 is 23.9. The summed E-state index contributed by atoms with van der Waals surface area (Å²) in [5, 5.41) is 13.1. The Hall–Kier alpha value is -3.49. The molecule has 0 aliphatic heterocycles. The summed E-state index contributed by atoms with van der Waals surface area (Å²) >= 11 is 1.62. The molecule has 0 atom stereocenters. The third-order valence-corrected chi connectivity index (χ3v) is 12.5. The second-order valence-corrected chi connectivity index (χ2v) is 16.8. The zero-order valence-corrected chi connectivity index (χ0v) is 24.1. The molecule has 0 aliphatic rings. The molecule has 0 bridgehead atoms. The largest absolute Gasteiger partial charge is 0.542 e. The fraction of sp³-hybridized carbons (Fsp3) is 0.267. The van der Waals surface area contributed by atoms with Gasteiger partial charge in [0.15, 0.2) is 11.5 Å². The highest BCUT2D eigenvalue weighted by molar-refractivity contribution is 7.09. The SMILES string of the molecule is CC(C)(C)[Si](C)(C)Oc1cccc(-c2cn3c(O)c(Cc4cccs4)nc3c(Cc3ccccc3)n2)c1F. The van der Waals surface area contributed by atoms with Crippen molar-refractivity contribution >= 4 is 25.3 Å². The third kappa shape index (κ3) is 5.10.